The van der Waals surface area contributed by atoms with Crippen LogP contribution in [0.25, 0.3) is 0 Å². The summed E-state index contributed by atoms with van der Waals surface area (Å²) >= 11 is 2.49. The molecule has 0 amide bonds. The summed E-state index contributed by atoms with van der Waals surface area (Å²) in [5, 5.41) is 0.162. The van der Waals surface area contributed by atoms with Crippen molar-refractivity contribution in [3.05, 3.63) is 0 Å². The maximum atomic E-state index is 10.4. The van der Waals surface area contributed by atoms with Crippen LogP contribution in [-0.4, -0.2) is 30.7 Å². The van der Waals surface area contributed by atoms with E-state index in [0.29, 0.717) is 5.92 Å². The van der Waals surface area contributed by atoms with Gasteiger partial charge >= 0.3 is 0 Å². The Balaban J connectivity index is 4.51. The van der Waals surface area contributed by atoms with Crippen LogP contribution in [0.4, 0.5) is 0 Å². The minimum atomic E-state index is -2.09. The van der Waals surface area contributed by atoms with Gasteiger partial charge in [0.25, 0.3) is 0 Å². The van der Waals surface area contributed by atoms with Crippen molar-refractivity contribution in [1.82, 2.24) is 0 Å². The van der Waals surface area contributed by atoms with E-state index in [-0.39, 0.29) is 10.1 Å². The Kier molecular flexibility index (Phi) is 8.17. The van der Waals surface area contributed by atoms with Crippen molar-refractivity contribution in [2.75, 3.05) is 4.43 Å². The third-order valence-electron chi connectivity index (χ3n) is 5.89. The molecule has 0 atom stereocenters. The van der Waals surface area contributed by atoms with Crippen LogP contribution >= 0.6 is 22.6 Å². The van der Waals surface area contributed by atoms with Crippen LogP contribution in [0, 0.1) is 5.92 Å². The number of rotatable bonds is 9. The minimum Gasteiger partial charge on any atom is -0.432 e. The molecule has 0 aliphatic heterocycles. The van der Waals surface area contributed by atoms with Gasteiger partial charge in [-0.15, -0.1) is 0 Å². The van der Waals surface area contributed by atoms with Crippen LogP contribution in [0.15, 0.2) is 0 Å². The first-order chi connectivity index (χ1) is 9.14. The molecule has 0 aliphatic carbocycles. The monoisotopic (exact) mass is 444 g/mol. The van der Waals surface area contributed by atoms with Crippen molar-refractivity contribution in [3.8, 4) is 0 Å². The van der Waals surface area contributed by atoms with Gasteiger partial charge in [0.2, 0.25) is 0 Å². The quantitative estimate of drug-likeness (QED) is 0.278. The Hall–Kier alpha value is 1.08. The largest absolute Gasteiger partial charge is 0.432 e. The van der Waals surface area contributed by atoms with Gasteiger partial charge in [-0.2, -0.15) is 0 Å². The summed E-state index contributed by atoms with van der Waals surface area (Å²) in [5.74, 6) is 0.705. The van der Waals surface area contributed by atoms with Crippen molar-refractivity contribution >= 4 is 39.2 Å². The topological polar surface area (TPSA) is 40.5 Å². The van der Waals surface area contributed by atoms with Crippen LogP contribution in [0.3, 0.4) is 0 Å². The van der Waals surface area contributed by atoms with Crippen molar-refractivity contribution in [3.63, 3.8) is 0 Å². The summed E-state index contributed by atoms with van der Waals surface area (Å²) in [4.78, 5) is 20.8. The molecule has 2 N–H and O–H groups in total. The van der Waals surface area contributed by atoms with Gasteiger partial charge in [0.1, 0.15) is 0 Å². The summed E-state index contributed by atoms with van der Waals surface area (Å²) in [5.41, 5.74) is 0. The molecule has 0 aliphatic rings. The highest BCUT2D eigenvalue weighted by Gasteiger charge is 2.39. The van der Waals surface area contributed by atoms with E-state index in [1.54, 1.807) is 0 Å². The lowest BCUT2D eigenvalue weighted by Crippen LogP contribution is -2.40. The predicted octanol–water partition coefficient (Wildman–Crippen LogP) is 5.55. The van der Waals surface area contributed by atoms with Crippen molar-refractivity contribution in [2.24, 2.45) is 5.92 Å². The van der Waals surface area contributed by atoms with E-state index in [1.165, 1.54) is 17.3 Å². The summed E-state index contributed by atoms with van der Waals surface area (Å²) in [6.07, 6.45) is 4.60. The van der Waals surface area contributed by atoms with Gasteiger partial charge in [0, 0.05) is 4.43 Å². The Morgan fingerprint density at radius 3 is 1.29 bits per heavy atom. The number of hydrogen-bond donors (Lipinski definition) is 2. The van der Waals surface area contributed by atoms with E-state index in [1.807, 2.05) is 0 Å². The van der Waals surface area contributed by atoms with Crippen molar-refractivity contribution in [2.45, 2.75) is 89.6 Å². The Bertz CT molecular complexity index is 287. The number of hydrogen-bond acceptors (Lipinski definition) is 2. The molecule has 21 heavy (non-hydrogen) atoms. The Morgan fingerprint density at radius 2 is 1.10 bits per heavy atom. The molecule has 2 nitrogen and oxygen atoms in total. The average Bonchev–Trinajstić information content (AvgIpc) is 2.26. The molecule has 0 bridgehead atoms. The molecule has 128 valence electrons. The molecular weight excluding hydrogens is 407 g/mol. The van der Waals surface area contributed by atoms with E-state index in [9.17, 15) is 9.59 Å². The molecule has 0 unspecified atom stereocenters. The van der Waals surface area contributed by atoms with E-state index in [2.05, 4.69) is 76.5 Å². The average molecular weight is 445 g/mol. The van der Waals surface area contributed by atoms with Crippen LogP contribution in [0.1, 0.15) is 53.4 Å². The normalized spacial score (nSPS) is 14.9. The highest BCUT2D eigenvalue weighted by molar-refractivity contribution is 14.1. The Labute approximate surface area is 148 Å². The molecule has 0 fully saturated rings. The zero-order chi connectivity index (χ0) is 17.1. The zero-order valence-corrected chi connectivity index (χ0v) is 19.5. The molecular formula is C16H37IO2Si2. The molecule has 0 saturated carbocycles. The van der Waals surface area contributed by atoms with E-state index in [0.717, 1.165) is 12.8 Å². The lowest BCUT2D eigenvalue weighted by atomic mass is 9.92. The fraction of sp³-hybridized carbons (Fsp3) is 1.00. The summed E-state index contributed by atoms with van der Waals surface area (Å²) in [7, 11) is -4.18. The van der Waals surface area contributed by atoms with E-state index < -0.39 is 16.6 Å². The summed E-state index contributed by atoms with van der Waals surface area (Å²) in [6.45, 7) is 17.1. The Morgan fingerprint density at radius 1 is 0.810 bits per heavy atom. The van der Waals surface area contributed by atoms with E-state index in [4.69, 9.17) is 0 Å². The minimum absolute atomic E-state index is 0.0809. The second-order valence-electron chi connectivity index (χ2n) is 8.98. The SMILES string of the molecule is CC(C)(CCC(CI)CCC(C)(C)[Si](C)(C)O)[Si](C)(C)O. The van der Waals surface area contributed by atoms with Gasteiger partial charge in [-0.1, -0.05) is 50.3 Å². The summed E-state index contributed by atoms with van der Waals surface area (Å²) in [6, 6.07) is 0. The second-order valence-corrected chi connectivity index (χ2v) is 18.8. The maximum absolute atomic E-state index is 10.4. The smallest absolute Gasteiger partial charge is 0.188 e. The molecule has 0 aromatic heterocycles. The molecule has 5 heteroatoms. The van der Waals surface area contributed by atoms with Gasteiger partial charge in [0.15, 0.2) is 16.6 Å². The third kappa shape index (κ3) is 7.02. The molecule has 0 radical (unpaired) electrons. The highest BCUT2D eigenvalue weighted by atomic mass is 127. The molecule has 0 saturated heterocycles. The lowest BCUT2D eigenvalue weighted by Gasteiger charge is -2.38. The molecule has 0 rings (SSSR count). The van der Waals surface area contributed by atoms with Gasteiger partial charge in [-0.25, -0.2) is 0 Å². The van der Waals surface area contributed by atoms with Crippen LogP contribution < -0.4 is 0 Å². The fourth-order valence-corrected chi connectivity index (χ4v) is 4.43. The summed E-state index contributed by atoms with van der Waals surface area (Å²) < 4.78 is 1.17. The van der Waals surface area contributed by atoms with Gasteiger partial charge in [-0.05, 0) is 67.9 Å². The van der Waals surface area contributed by atoms with Crippen LogP contribution in [0.2, 0.25) is 36.3 Å². The number of alkyl halides is 1. The maximum Gasteiger partial charge on any atom is 0.188 e. The molecule has 0 aromatic carbocycles. The highest BCUT2D eigenvalue weighted by Crippen LogP contribution is 2.44. The van der Waals surface area contributed by atoms with E-state index >= 15 is 0 Å². The standard InChI is InChI=1S/C16H37IO2Si2/c1-15(2,20(5,6)18)11-9-14(13-17)10-12-16(3,4)21(7,8)19/h14,18-19H,9-13H2,1-8H3. The third-order valence-corrected chi connectivity index (χ3v) is 14.3. The van der Waals surface area contributed by atoms with Gasteiger partial charge in [0.05, 0.1) is 0 Å². The molecule has 0 spiro atoms. The van der Waals surface area contributed by atoms with Crippen LogP contribution in [0.5, 0.6) is 0 Å². The second kappa shape index (κ2) is 7.77. The zero-order valence-electron chi connectivity index (χ0n) is 15.4. The molecule has 0 heterocycles. The fourth-order valence-electron chi connectivity index (χ4n) is 2.04. The first-order valence-electron chi connectivity index (χ1n) is 8.15. The first-order valence-corrected chi connectivity index (χ1v) is 15.6. The van der Waals surface area contributed by atoms with Crippen molar-refractivity contribution < 1.29 is 9.59 Å². The first kappa shape index (κ1) is 22.1. The van der Waals surface area contributed by atoms with Crippen molar-refractivity contribution in [1.29, 1.82) is 0 Å². The lowest BCUT2D eigenvalue weighted by molar-refractivity contribution is 0.368. The molecule has 0 aromatic rings. The van der Waals surface area contributed by atoms with Gasteiger partial charge < -0.3 is 9.59 Å². The van der Waals surface area contributed by atoms with Crippen LogP contribution in [-0.2, 0) is 0 Å². The predicted molar refractivity (Wildman–Crippen MR) is 108 cm³/mol. The number of halogens is 1. The van der Waals surface area contributed by atoms with Gasteiger partial charge in [-0.3, -0.25) is 0 Å².